The quantitative estimate of drug-likeness (QED) is 0.759. The fraction of sp³-hybridized carbons (Fsp3) is 0.588. The van der Waals surface area contributed by atoms with Crippen LogP contribution in [0.2, 0.25) is 0 Å². The van der Waals surface area contributed by atoms with Crippen LogP contribution < -0.4 is 0 Å². The molecule has 1 aliphatic heterocycles. The zero-order valence-corrected chi connectivity index (χ0v) is 13.9. The summed E-state index contributed by atoms with van der Waals surface area (Å²) >= 11 is 0. The van der Waals surface area contributed by atoms with Crippen molar-refractivity contribution in [3.8, 4) is 0 Å². The lowest BCUT2D eigenvalue weighted by molar-refractivity contribution is 0.0581. The predicted octanol–water partition coefficient (Wildman–Crippen LogP) is 2.19. The number of amides is 1. The average molecular weight is 330 g/mol. The third-order valence-electron chi connectivity index (χ3n) is 4.75. The average Bonchev–Trinajstić information content (AvgIpc) is 3.10. The molecule has 0 unspecified atom stereocenters. The first-order chi connectivity index (χ1) is 11.7. The maximum atomic E-state index is 12.7. The van der Waals surface area contributed by atoms with Gasteiger partial charge in [-0.15, -0.1) is 0 Å². The number of ether oxygens (including phenoxy) is 1. The maximum Gasteiger partial charge on any atom is 0.291 e. The molecule has 0 spiro atoms. The molecule has 1 atom stereocenters. The van der Waals surface area contributed by atoms with E-state index < -0.39 is 0 Å². The van der Waals surface area contributed by atoms with Crippen molar-refractivity contribution < 1.29 is 13.9 Å². The van der Waals surface area contributed by atoms with E-state index in [0.29, 0.717) is 31.2 Å². The van der Waals surface area contributed by atoms with Gasteiger partial charge in [-0.25, -0.2) is 4.98 Å². The second kappa shape index (κ2) is 6.39. The molecule has 7 nitrogen and oxygen atoms in total. The van der Waals surface area contributed by atoms with Crippen LogP contribution in [0.3, 0.4) is 0 Å². The van der Waals surface area contributed by atoms with Gasteiger partial charge in [0.1, 0.15) is 0 Å². The van der Waals surface area contributed by atoms with Gasteiger partial charge >= 0.3 is 0 Å². The molecule has 0 saturated heterocycles. The molecule has 1 saturated carbocycles. The Hall–Kier alpha value is -2.15. The van der Waals surface area contributed by atoms with Crippen LogP contribution in [-0.2, 0) is 11.3 Å². The summed E-state index contributed by atoms with van der Waals surface area (Å²) in [5.74, 6) is 0.983. The molecule has 0 N–H and O–H groups in total. The molecular weight excluding hydrogens is 308 g/mol. The Bertz CT molecular complexity index is 719. The van der Waals surface area contributed by atoms with Gasteiger partial charge in [-0.3, -0.25) is 9.48 Å². The number of hydrogen-bond acceptors (Lipinski definition) is 5. The van der Waals surface area contributed by atoms with Crippen LogP contribution in [0.25, 0.3) is 0 Å². The van der Waals surface area contributed by atoms with Gasteiger partial charge in [0, 0.05) is 26.0 Å². The van der Waals surface area contributed by atoms with Gasteiger partial charge in [-0.1, -0.05) is 0 Å². The number of nitrogens with zero attached hydrogens (tertiary/aromatic N) is 4. The van der Waals surface area contributed by atoms with E-state index in [9.17, 15) is 4.79 Å². The number of rotatable bonds is 6. The summed E-state index contributed by atoms with van der Waals surface area (Å²) in [5.41, 5.74) is 1.67. The van der Waals surface area contributed by atoms with Gasteiger partial charge in [0.25, 0.3) is 5.91 Å². The van der Waals surface area contributed by atoms with E-state index >= 15 is 0 Å². The minimum Gasteiger partial charge on any atom is -0.438 e. The summed E-state index contributed by atoms with van der Waals surface area (Å²) in [4.78, 5) is 18.6. The van der Waals surface area contributed by atoms with Crippen LogP contribution >= 0.6 is 0 Å². The number of aromatic nitrogens is 3. The third kappa shape index (κ3) is 3.08. The topological polar surface area (TPSA) is 73.4 Å². The first-order valence-electron chi connectivity index (χ1n) is 8.52. The van der Waals surface area contributed by atoms with Crippen molar-refractivity contribution in [2.24, 2.45) is 5.92 Å². The van der Waals surface area contributed by atoms with Crippen molar-refractivity contribution in [1.29, 1.82) is 0 Å². The normalized spacial score (nSPS) is 20.2. The fourth-order valence-corrected chi connectivity index (χ4v) is 3.16. The van der Waals surface area contributed by atoms with Gasteiger partial charge in [-0.2, -0.15) is 5.10 Å². The lowest BCUT2D eigenvalue weighted by Gasteiger charge is -2.33. The lowest BCUT2D eigenvalue weighted by atomic mass is 10.1. The lowest BCUT2D eigenvalue weighted by Crippen LogP contribution is -2.41. The van der Waals surface area contributed by atoms with Crippen molar-refractivity contribution >= 4 is 5.91 Å². The second-order valence-electron chi connectivity index (χ2n) is 6.68. The van der Waals surface area contributed by atoms with Crippen LogP contribution in [0.5, 0.6) is 0 Å². The molecule has 7 heteroatoms. The molecule has 2 aromatic rings. The Morgan fingerprint density at radius 2 is 2.33 bits per heavy atom. The van der Waals surface area contributed by atoms with Crippen LogP contribution in [0.1, 0.15) is 47.2 Å². The van der Waals surface area contributed by atoms with Crippen molar-refractivity contribution in [2.75, 3.05) is 19.8 Å². The molecule has 4 rings (SSSR count). The zero-order chi connectivity index (χ0) is 16.5. The van der Waals surface area contributed by atoms with E-state index in [1.54, 1.807) is 13.1 Å². The number of carbonyl (C=O) groups is 1. The highest BCUT2D eigenvalue weighted by molar-refractivity contribution is 5.92. The van der Waals surface area contributed by atoms with Crippen LogP contribution in [-0.4, -0.2) is 45.3 Å². The molecule has 0 radical (unpaired) electrons. The molecule has 128 valence electrons. The Morgan fingerprint density at radius 1 is 1.46 bits per heavy atom. The Balaban J connectivity index is 1.44. The number of fused-ring (bicyclic) bond motifs is 1. The van der Waals surface area contributed by atoms with E-state index in [1.165, 1.54) is 19.2 Å². The van der Waals surface area contributed by atoms with Crippen molar-refractivity contribution in [1.82, 2.24) is 19.7 Å². The van der Waals surface area contributed by atoms with E-state index in [0.717, 1.165) is 24.6 Å². The minimum absolute atomic E-state index is 0.110. The van der Waals surface area contributed by atoms with E-state index in [1.807, 2.05) is 15.6 Å². The smallest absolute Gasteiger partial charge is 0.291 e. The molecule has 1 aliphatic carbocycles. The van der Waals surface area contributed by atoms with Gasteiger partial charge in [0.15, 0.2) is 6.39 Å². The Labute approximate surface area is 140 Å². The zero-order valence-electron chi connectivity index (χ0n) is 13.9. The highest BCUT2D eigenvalue weighted by Crippen LogP contribution is 2.29. The van der Waals surface area contributed by atoms with Crippen LogP contribution in [0.15, 0.2) is 23.1 Å². The van der Waals surface area contributed by atoms with E-state index in [2.05, 4.69) is 10.1 Å². The molecule has 0 bridgehead atoms. The SMILES string of the molecule is Cc1ncoc1C(=O)N1Cc2ccnn2[C@H](CCOCC2CC2)C1. The largest absolute Gasteiger partial charge is 0.438 e. The number of hydrogen-bond donors (Lipinski definition) is 0. The Kier molecular flexibility index (Phi) is 4.10. The van der Waals surface area contributed by atoms with E-state index in [-0.39, 0.29) is 11.9 Å². The van der Waals surface area contributed by atoms with Crippen molar-refractivity contribution in [3.05, 3.63) is 35.8 Å². The number of aryl methyl sites for hydroxylation is 1. The first kappa shape index (κ1) is 15.4. The monoisotopic (exact) mass is 330 g/mol. The molecule has 24 heavy (non-hydrogen) atoms. The van der Waals surface area contributed by atoms with E-state index in [4.69, 9.17) is 9.15 Å². The number of oxazole rings is 1. The van der Waals surface area contributed by atoms with Crippen molar-refractivity contribution in [3.63, 3.8) is 0 Å². The molecule has 1 fully saturated rings. The summed E-state index contributed by atoms with van der Waals surface area (Å²) in [6.45, 7) is 4.50. The highest BCUT2D eigenvalue weighted by Gasteiger charge is 2.31. The van der Waals surface area contributed by atoms with Gasteiger partial charge in [0.05, 0.1) is 24.0 Å². The Morgan fingerprint density at radius 3 is 3.08 bits per heavy atom. The third-order valence-corrected chi connectivity index (χ3v) is 4.75. The molecule has 3 heterocycles. The summed E-state index contributed by atoms with van der Waals surface area (Å²) in [5, 5.41) is 4.43. The van der Waals surface area contributed by atoms with Gasteiger partial charge in [0.2, 0.25) is 5.76 Å². The predicted molar refractivity (Wildman–Crippen MR) is 85.4 cm³/mol. The molecule has 0 aromatic carbocycles. The molecule has 2 aromatic heterocycles. The summed E-state index contributed by atoms with van der Waals surface area (Å²) in [6, 6.07) is 2.10. The fourth-order valence-electron chi connectivity index (χ4n) is 3.16. The summed E-state index contributed by atoms with van der Waals surface area (Å²) in [6.07, 6.45) is 6.55. The maximum absolute atomic E-state index is 12.7. The number of carbonyl (C=O) groups excluding carboxylic acids is 1. The molecular formula is C17H22N4O3. The first-order valence-corrected chi connectivity index (χ1v) is 8.52. The highest BCUT2D eigenvalue weighted by atomic mass is 16.5. The minimum atomic E-state index is -0.110. The molecule has 1 amide bonds. The second-order valence-corrected chi connectivity index (χ2v) is 6.68. The van der Waals surface area contributed by atoms with Crippen LogP contribution in [0, 0.1) is 12.8 Å². The standard InChI is InChI=1S/C17H22N4O3/c1-12-16(24-11-18-12)17(22)20-8-14-4-6-19-21(14)15(9-20)5-7-23-10-13-2-3-13/h4,6,11,13,15H,2-3,5,7-10H2,1H3/t15-/m1/s1. The van der Waals surface area contributed by atoms with Crippen molar-refractivity contribution in [2.45, 2.75) is 38.8 Å². The molecule has 2 aliphatic rings. The van der Waals surface area contributed by atoms with Crippen LogP contribution in [0.4, 0.5) is 0 Å². The summed E-state index contributed by atoms with van der Waals surface area (Å²) in [7, 11) is 0. The van der Waals surface area contributed by atoms with Gasteiger partial charge < -0.3 is 14.1 Å². The summed E-state index contributed by atoms with van der Waals surface area (Å²) < 4.78 is 13.1. The van der Waals surface area contributed by atoms with Gasteiger partial charge in [-0.05, 0) is 38.2 Å².